The normalized spacial score (nSPS) is 13.7. The molecule has 7 nitrogen and oxygen atoms in total. The Kier molecular flexibility index (Phi) is 9.14. The average Bonchev–Trinajstić information content (AvgIpc) is 2.97. The van der Waals surface area contributed by atoms with Crippen LogP contribution in [0.15, 0.2) is 79.1 Å². The standard InChI is InChI=1S/C31H33ClN4O3/c32-28-21-33-15-14-24(28)20-34-31(37)35-29-12-13-30(27-7-3-2-6-26(27)29)39-22-23-8-10-25(11-9-23)38-19-18-36-16-4-1-5-17-36/h2-3,6-15,21H,1,4-5,16-20,22H2,(H2,34,35,37). The zero-order chi connectivity index (χ0) is 26.9. The van der Waals surface area contributed by atoms with Crippen molar-refractivity contribution in [1.29, 1.82) is 0 Å². The third kappa shape index (κ3) is 7.40. The van der Waals surface area contributed by atoms with Crippen molar-refractivity contribution in [2.45, 2.75) is 32.4 Å². The number of benzene rings is 3. The van der Waals surface area contributed by atoms with Gasteiger partial charge in [0.2, 0.25) is 0 Å². The Morgan fingerprint density at radius 3 is 2.51 bits per heavy atom. The lowest BCUT2D eigenvalue weighted by molar-refractivity contribution is 0.183. The number of aromatic nitrogens is 1. The number of fused-ring (bicyclic) bond motifs is 1. The maximum Gasteiger partial charge on any atom is 0.319 e. The lowest BCUT2D eigenvalue weighted by Gasteiger charge is -2.26. The number of carbonyl (C=O) groups is 1. The van der Waals surface area contributed by atoms with E-state index in [4.69, 9.17) is 21.1 Å². The molecule has 0 saturated carbocycles. The first-order valence-corrected chi connectivity index (χ1v) is 13.8. The monoisotopic (exact) mass is 544 g/mol. The molecule has 39 heavy (non-hydrogen) atoms. The predicted molar refractivity (Wildman–Crippen MR) is 156 cm³/mol. The Balaban J connectivity index is 1.16. The van der Waals surface area contributed by atoms with E-state index in [0.717, 1.165) is 39.9 Å². The minimum Gasteiger partial charge on any atom is -0.492 e. The predicted octanol–water partition coefficient (Wildman–Crippen LogP) is 6.65. The number of hydrogen-bond acceptors (Lipinski definition) is 5. The molecule has 1 fully saturated rings. The molecule has 0 spiro atoms. The fourth-order valence-electron chi connectivity index (χ4n) is 4.71. The molecule has 1 aromatic heterocycles. The molecule has 0 unspecified atom stereocenters. The van der Waals surface area contributed by atoms with Gasteiger partial charge >= 0.3 is 6.03 Å². The van der Waals surface area contributed by atoms with E-state index in [-0.39, 0.29) is 6.03 Å². The molecule has 0 radical (unpaired) electrons. The number of pyridine rings is 1. The number of amides is 2. The number of urea groups is 1. The Morgan fingerprint density at radius 1 is 0.923 bits per heavy atom. The highest BCUT2D eigenvalue weighted by atomic mass is 35.5. The molecule has 0 aliphatic carbocycles. The summed E-state index contributed by atoms with van der Waals surface area (Å²) in [6.45, 7) is 4.77. The zero-order valence-corrected chi connectivity index (χ0v) is 22.6. The van der Waals surface area contributed by atoms with Gasteiger partial charge in [0, 0.05) is 36.3 Å². The SMILES string of the molecule is O=C(NCc1ccncc1Cl)Nc1ccc(OCc2ccc(OCCN3CCCCC3)cc2)c2ccccc12. The summed E-state index contributed by atoms with van der Waals surface area (Å²) in [7, 11) is 0. The van der Waals surface area contributed by atoms with E-state index in [2.05, 4.69) is 20.5 Å². The van der Waals surface area contributed by atoms with E-state index in [1.54, 1.807) is 18.5 Å². The van der Waals surface area contributed by atoms with Crippen LogP contribution in [0.4, 0.5) is 10.5 Å². The Labute approximate surface area is 234 Å². The van der Waals surface area contributed by atoms with Crippen molar-refractivity contribution < 1.29 is 14.3 Å². The third-order valence-corrected chi connectivity index (χ3v) is 7.21. The van der Waals surface area contributed by atoms with Crippen LogP contribution in [0.25, 0.3) is 10.8 Å². The van der Waals surface area contributed by atoms with Crippen LogP contribution in [0.2, 0.25) is 5.02 Å². The van der Waals surface area contributed by atoms with Crippen LogP contribution in [-0.4, -0.2) is 42.2 Å². The highest BCUT2D eigenvalue weighted by Crippen LogP contribution is 2.32. The van der Waals surface area contributed by atoms with Gasteiger partial charge in [0.1, 0.15) is 24.7 Å². The molecule has 5 rings (SSSR count). The van der Waals surface area contributed by atoms with Crippen LogP contribution < -0.4 is 20.1 Å². The summed E-state index contributed by atoms with van der Waals surface area (Å²) in [5, 5.41) is 8.11. The number of carbonyl (C=O) groups excluding carboxylic acids is 1. The number of halogens is 1. The molecular formula is C31H33ClN4O3. The number of hydrogen-bond donors (Lipinski definition) is 2. The quantitative estimate of drug-likeness (QED) is 0.234. The van der Waals surface area contributed by atoms with Crippen LogP contribution in [-0.2, 0) is 13.2 Å². The number of rotatable bonds is 10. The molecule has 1 aliphatic heterocycles. The van der Waals surface area contributed by atoms with Gasteiger partial charge in [0.05, 0.1) is 10.7 Å². The van der Waals surface area contributed by atoms with Crippen LogP contribution in [0, 0.1) is 0 Å². The molecule has 4 aromatic rings. The van der Waals surface area contributed by atoms with Crippen molar-refractivity contribution in [3.05, 3.63) is 95.3 Å². The number of nitrogens with one attached hydrogen (secondary N) is 2. The summed E-state index contributed by atoms with van der Waals surface area (Å²) >= 11 is 6.14. The molecule has 1 saturated heterocycles. The summed E-state index contributed by atoms with van der Waals surface area (Å²) < 4.78 is 12.1. The second-order valence-electron chi connectivity index (χ2n) is 9.61. The lowest BCUT2D eigenvalue weighted by atomic mass is 10.1. The van der Waals surface area contributed by atoms with Gasteiger partial charge in [-0.05, 0) is 67.4 Å². The number of ether oxygens (including phenoxy) is 2. The molecule has 1 aliphatic rings. The van der Waals surface area contributed by atoms with Crippen LogP contribution in [0.5, 0.6) is 11.5 Å². The summed E-state index contributed by atoms with van der Waals surface area (Å²) in [6.07, 6.45) is 7.13. The lowest BCUT2D eigenvalue weighted by Crippen LogP contribution is -2.33. The van der Waals surface area contributed by atoms with E-state index in [1.807, 2.05) is 60.7 Å². The maximum absolute atomic E-state index is 12.6. The minimum atomic E-state index is -0.320. The molecule has 2 amide bonds. The highest BCUT2D eigenvalue weighted by molar-refractivity contribution is 6.31. The van der Waals surface area contributed by atoms with Gasteiger partial charge in [-0.3, -0.25) is 9.88 Å². The van der Waals surface area contributed by atoms with Gasteiger partial charge in [-0.2, -0.15) is 0 Å². The second kappa shape index (κ2) is 13.3. The van der Waals surface area contributed by atoms with Crippen molar-refractivity contribution >= 4 is 34.1 Å². The third-order valence-electron chi connectivity index (χ3n) is 6.87. The van der Waals surface area contributed by atoms with E-state index < -0.39 is 0 Å². The van der Waals surface area contributed by atoms with Crippen molar-refractivity contribution in [1.82, 2.24) is 15.2 Å². The number of piperidine rings is 1. The van der Waals surface area contributed by atoms with Gasteiger partial charge in [-0.15, -0.1) is 0 Å². The topological polar surface area (TPSA) is 75.7 Å². The van der Waals surface area contributed by atoms with Crippen molar-refractivity contribution in [3.8, 4) is 11.5 Å². The fourth-order valence-corrected chi connectivity index (χ4v) is 4.90. The summed E-state index contributed by atoms with van der Waals surface area (Å²) in [5.74, 6) is 1.63. The maximum atomic E-state index is 12.6. The van der Waals surface area contributed by atoms with E-state index >= 15 is 0 Å². The smallest absolute Gasteiger partial charge is 0.319 e. The molecule has 3 aromatic carbocycles. The zero-order valence-electron chi connectivity index (χ0n) is 21.9. The number of nitrogens with zero attached hydrogens (tertiary/aromatic N) is 2. The largest absolute Gasteiger partial charge is 0.492 e. The Hall–Kier alpha value is -3.81. The molecule has 0 atom stereocenters. The summed E-state index contributed by atoms with van der Waals surface area (Å²) in [6, 6.07) is 21.1. The van der Waals surface area contributed by atoms with Crippen molar-refractivity contribution in [2.75, 3.05) is 31.6 Å². The van der Waals surface area contributed by atoms with E-state index in [1.165, 1.54) is 32.4 Å². The van der Waals surface area contributed by atoms with Crippen LogP contribution in [0.1, 0.15) is 30.4 Å². The number of anilines is 1. The van der Waals surface area contributed by atoms with Gasteiger partial charge < -0.3 is 20.1 Å². The first kappa shape index (κ1) is 26.8. The molecule has 2 N–H and O–H groups in total. The van der Waals surface area contributed by atoms with Crippen LogP contribution >= 0.6 is 11.6 Å². The molecule has 202 valence electrons. The second-order valence-corrected chi connectivity index (χ2v) is 10.0. The van der Waals surface area contributed by atoms with Gasteiger partial charge in [-0.25, -0.2) is 4.79 Å². The van der Waals surface area contributed by atoms with Gasteiger partial charge in [-0.1, -0.05) is 54.4 Å². The average molecular weight is 545 g/mol. The van der Waals surface area contributed by atoms with Gasteiger partial charge in [0.25, 0.3) is 0 Å². The molecule has 2 heterocycles. The van der Waals surface area contributed by atoms with Crippen molar-refractivity contribution in [2.24, 2.45) is 0 Å². The Bertz CT molecular complexity index is 1390. The van der Waals surface area contributed by atoms with E-state index in [0.29, 0.717) is 30.5 Å². The first-order valence-electron chi connectivity index (χ1n) is 13.4. The highest BCUT2D eigenvalue weighted by Gasteiger charge is 2.11. The molecular weight excluding hydrogens is 512 g/mol. The van der Waals surface area contributed by atoms with Gasteiger partial charge in [0.15, 0.2) is 0 Å². The summed E-state index contributed by atoms with van der Waals surface area (Å²) in [4.78, 5) is 19.0. The first-order chi connectivity index (χ1) is 19.2. The fraction of sp³-hybridized carbons (Fsp3) is 0.290. The summed E-state index contributed by atoms with van der Waals surface area (Å²) in [5.41, 5.74) is 2.55. The number of likely N-dealkylation sites (tertiary alicyclic amines) is 1. The molecule has 8 heteroatoms. The molecule has 0 bridgehead atoms. The van der Waals surface area contributed by atoms with E-state index in [9.17, 15) is 4.79 Å². The van der Waals surface area contributed by atoms with Crippen LogP contribution in [0.3, 0.4) is 0 Å². The minimum absolute atomic E-state index is 0.300. The Morgan fingerprint density at radius 2 is 1.72 bits per heavy atom. The van der Waals surface area contributed by atoms with Crippen molar-refractivity contribution in [3.63, 3.8) is 0 Å².